The number of pyridine rings is 1. The zero-order valence-corrected chi connectivity index (χ0v) is 18.9. The van der Waals surface area contributed by atoms with Crippen molar-refractivity contribution in [1.29, 1.82) is 0 Å². The first-order chi connectivity index (χ1) is 16.5. The molecule has 0 unspecified atom stereocenters. The lowest BCUT2D eigenvalue weighted by Crippen LogP contribution is -2.34. The van der Waals surface area contributed by atoms with Crippen LogP contribution < -0.4 is 20.1 Å². The van der Waals surface area contributed by atoms with E-state index >= 15 is 0 Å². The van der Waals surface area contributed by atoms with Gasteiger partial charge in [0.2, 0.25) is 17.5 Å². The van der Waals surface area contributed by atoms with Crippen molar-refractivity contribution in [1.82, 2.24) is 20.3 Å². The van der Waals surface area contributed by atoms with Crippen molar-refractivity contribution < 1.29 is 23.4 Å². The van der Waals surface area contributed by atoms with E-state index in [4.69, 9.17) is 30.2 Å². The molecule has 0 saturated carbocycles. The number of hydrogen-bond acceptors (Lipinski definition) is 9. The van der Waals surface area contributed by atoms with Gasteiger partial charge in [-0.25, -0.2) is 4.98 Å². The largest absolute Gasteiger partial charge is 0.457 e. The highest BCUT2D eigenvalue weighted by atomic mass is 35.5. The molecule has 1 fully saturated rings. The zero-order chi connectivity index (χ0) is 23.2. The number of carbonyl (C=O) groups excluding carboxylic acids is 1. The molecule has 4 aromatic rings. The van der Waals surface area contributed by atoms with Crippen LogP contribution >= 0.6 is 11.6 Å². The first-order valence-electron chi connectivity index (χ1n) is 10.9. The van der Waals surface area contributed by atoms with Gasteiger partial charge >= 0.3 is 6.01 Å². The molecule has 0 aliphatic carbocycles. The molecule has 10 nitrogen and oxygen atoms in total. The van der Waals surface area contributed by atoms with Crippen molar-refractivity contribution in [2.24, 2.45) is 0 Å². The van der Waals surface area contributed by atoms with E-state index in [2.05, 4.69) is 25.6 Å². The van der Waals surface area contributed by atoms with E-state index in [0.717, 1.165) is 17.2 Å². The molecule has 1 saturated heterocycles. The highest BCUT2D eigenvalue weighted by Crippen LogP contribution is 2.38. The van der Waals surface area contributed by atoms with Crippen molar-refractivity contribution >= 4 is 45.1 Å². The van der Waals surface area contributed by atoms with Gasteiger partial charge in [-0.1, -0.05) is 11.6 Å². The van der Waals surface area contributed by atoms with E-state index in [0.29, 0.717) is 42.4 Å². The Balaban J connectivity index is 1.33. The number of halogens is 1. The van der Waals surface area contributed by atoms with Gasteiger partial charge in [-0.15, -0.1) is 0 Å². The highest BCUT2D eigenvalue weighted by molar-refractivity contribution is 6.29. The highest BCUT2D eigenvalue weighted by Gasteiger charge is 2.26. The summed E-state index contributed by atoms with van der Waals surface area (Å²) >= 11 is 6.14. The fraction of sp³-hybridized carbons (Fsp3) is 0.304. The van der Waals surface area contributed by atoms with Gasteiger partial charge in [0.05, 0.1) is 29.8 Å². The Hall–Kier alpha value is -3.63. The molecule has 2 aliphatic rings. The number of aromatic nitrogens is 3. The first kappa shape index (κ1) is 20.9. The predicted octanol–water partition coefficient (Wildman–Crippen LogP) is 3.93. The van der Waals surface area contributed by atoms with Gasteiger partial charge in [-0.05, 0) is 25.1 Å². The number of nitrogens with one attached hydrogen (secondary N) is 2. The number of rotatable bonds is 4. The van der Waals surface area contributed by atoms with Crippen LogP contribution in [-0.4, -0.2) is 52.8 Å². The monoisotopic (exact) mass is 481 g/mol. The molecule has 11 heteroatoms. The van der Waals surface area contributed by atoms with E-state index in [9.17, 15) is 4.79 Å². The van der Waals surface area contributed by atoms with Crippen molar-refractivity contribution in [3.05, 3.63) is 41.2 Å². The fourth-order valence-corrected chi connectivity index (χ4v) is 4.27. The van der Waals surface area contributed by atoms with Gasteiger partial charge < -0.3 is 29.3 Å². The number of nitrogens with zero attached hydrogens (tertiary/aromatic N) is 3. The Bertz CT molecular complexity index is 1420. The summed E-state index contributed by atoms with van der Waals surface area (Å²) in [5.74, 6) is 0.563. The topological polar surface area (TPSA) is 121 Å². The summed E-state index contributed by atoms with van der Waals surface area (Å²) in [7, 11) is 0. The van der Waals surface area contributed by atoms with E-state index in [1.165, 1.54) is 6.07 Å². The molecule has 0 radical (unpaired) electrons. The van der Waals surface area contributed by atoms with Crippen molar-refractivity contribution in [2.45, 2.75) is 25.5 Å². The molecule has 1 aromatic carbocycles. The average Bonchev–Trinajstić information content (AvgIpc) is 3.42. The maximum Gasteiger partial charge on any atom is 0.321 e. The molecule has 34 heavy (non-hydrogen) atoms. The van der Waals surface area contributed by atoms with E-state index < -0.39 is 0 Å². The SMILES string of the molecule is C[C@@H]1CNc2c(oc3ccc4nc(Oc5cc(Cl)nc(O[C@@H]6CCOC6)n5)ccc4c23)C(=O)N1. The summed E-state index contributed by atoms with van der Waals surface area (Å²) < 4.78 is 22.8. The lowest BCUT2D eigenvalue weighted by Gasteiger charge is -2.11. The summed E-state index contributed by atoms with van der Waals surface area (Å²) in [4.78, 5) is 25.5. The molecule has 2 atom stereocenters. The quantitative estimate of drug-likeness (QED) is 0.417. The number of ether oxygens (including phenoxy) is 3. The van der Waals surface area contributed by atoms with Crippen LogP contribution in [0.4, 0.5) is 5.69 Å². The van der Waals surface area contributed by atoms with Gasteiger partial charge in [0, 0.05) is 36.5 Å². The lowest BCUT2D eigenvalue weighted by molar-refractivity contribution is 0.0920. The van der Waals surface area contributed by atoms with Crippen molar-refractivity contribution in [3.63, 3.8) is 0 Å². The van der Waals surface area contributed by atoms with Crippen LogP contribution in [0.25, 0.3) is 21.9 Å². The standard InChI is InChI=1S/C23H20ClN5O5/c1-11-9-25-20-19-13-2-5-17(27-14(13)3-4-15(19)33-21(20)22(30)26-11)34-18-8-16(24)28-23(29-18)32-12-6-7-31-10-12/h2-5,8,11-12,25H,6-7,9-10H2,1H3,(H,26,30)/t11-,12-/m1/s1. The van der Waals surface area contributed by atoms with Crippen LogP contribution in [0.15, 0.2) is 34.7 Å². The number of carbonyl (C=O) groups is 1. The molecule has 174 valence electrons. The molecule has 3 aromatic heterocycles. The Kier molecular flexibility index (Phi) is 5.11. The Morgan fingerprint density at radius 1 is 1.15 bits per heavy atom. The third kappa shape index (κ3) is 3.84. The predicted molar refractivity (Wildman–Crippen MR) is 124 cm³/mol. The Labute approximate surface area is 198 Å². The number of anilines is 1. The van der Waals surface area contributed by atoms with Crippen LogP contribution in [0.1, 0.15) is 23.9 Å². The third-order valence-corrected chi connectivity index (χ3v) is 5.88. The maximum atomic E-state index is 12.5. The number of amides is 1. The second-order valence-electron chi connectivity index (χ2n) is 8.23. The maximum absolute atomic E-state index is 12.5. The molecule has 0 spiro atoms. The van der Waals surface area contributed by atoms with Crippen LogP contribution in [0.3, 0.4) is 0 Å². The summed E-state index contributed by atoms with van der Waals surface area (Å²) in [5.41, 5.74) is 1.94. The van der Waals surface area contributed by atoms with Gasteiger partial charge in [-0.2, -0.15) is 9.97 Å². The van der Waals surface area contributed by atoms with Crippen LogP contribution in [0.2, 0.25) is 5.15 Å². The average molecular weight is 482 g/mol. The van der Waals surface area contributed by atoms with Crippen LogP contribution in [-0.2, 0) is 4.74 Å². The molecule has 6 rings (SSSR count). The minimum absolute atomic E-state index is 0.0204. The van der Waals surface area contributed by atoms with E-state index in [1.807, 2.05) is 19.1 Å². The van der Waals surface area contributed by atoms with Gasteiger partial charge in [-0.3, -0.25) is 4.79 Å². The smallest absolute Gasteiger partial charge is 0.321 e. The number of fused-ring (bicyclic) bond motifs is 5. The lowest BCUT2D eigenvalue weighted by atomic mass is 10.1. The number of furan rings is 1. The van der Waals surface area contributed by atoms with Crippen LogP contribution in [0, 0.1) is 0 Å². The minimum Gasteiger partial charge on any atom is -0.457 e. The molecule has 2 N–H and O–H groups in total. The molecule has 1 amide bonds. The molecule has 2 aliphatic heterocycles. The third-order valence-electron chi connectivity index (χ3n) is 5.69. The normalized spacial score (nSPS) is 20.0. The van der Waals surface area contributed by atoms with Crippen LogP contribution in [0.5, 0.6) is 17.8 Å². The Morgan fingerprint density at radius 3 is 2.91 bits per heavy atom. The van der Waals surface area contributed by atoms with Gasteiger partial charge in [0.25, 0.3) is 5.91 Å². The summed E-state index contributed by atoms with van der Waals surface area (Å²) in [5, 5.41) is 8.06. The molecule has 5 heterocycles. The second kappa shape index (κ2) is 8.30. The van der Waals surface area contributed by atoms with Crippen molar-refractivity contribution in [3.8, 4) is 17.8 Å². The molecular weight excluding hydrogens is 462 g/mol. The fourth-order valence-electron chi connectivity index (χ4n) is 4.11. The van der Waals surface area contributed by atoms with Gasteiger partial charge in [0.1, 0.15) is 16.8 Å². The summed E-state index contributed by atoms with van der Waals surface area (Å²) in [6.07, 6.45) is 0.649. The number of hydrogen-bond donors (Lipinski definition) is 2. The summed E-state index contributed by atoms with van der Waals surface area (Å²) in [6.45, 7) is 3.64. The van der Waals surface area contributed by atoms with Crippen molar-refractivity contribution in [2.75, 3.05) is 25.1 Å². The summed E-state index contributed by atoms with van der Waals surface area (Å²) in [6, 6.07) is 8.80. The zero-order valence-electron chi connectivity index (χ0n) is 18.1. The molecular formula is C23H20ClN5O5. The molecule has 0 bridgehead atoms. The first-order valence-corrected chi connectivity index (χ1v) is 11.3. The Morgan fingerprint density at radius 2 is 2.06 bits per heavy atom. The second-order valence-corrected chi connectivity index (χ2v) is 8.62. The van der Waals surface area contributed by atoms with Gasteiger partial charge in [0.15, 0.2) is 0 Å². The van der Waals surface area contributed by atoms with E-state index in [-0.39, 0.29) is 40.9 Å². The van der Waals surface area contributed by atoms with E-state index in [1.54, 1.807) is 12.1 Å². The number of benzene rings is 1. The minimum atomic E-state index is -0.243.